The normalized spacial score (nSPS) is 18.5. The maximum Gasteiger partial charge on any atom is 0.261 e. The lowest BCUT2D eigenvalue weighted by atomic mass is 9.91. The van der Waals surface area contributed by atoms with Crippen LogP contribution in [0.25, 0.3) is 27.9 Å². The van der Waals surface area contributed by atoms with E-state index in [-0.39, 0.29) is 25.4 Å². The maximum atomic E-state index is 12.9. The summed E-state index contributed by atoms with van der Waals surface area (Å²) in [4.78, 5) is 18.0. The molecule has 10 nitrogen and oxygen atoms in total. The molecule has 0 bridgehead atoms. The minimum atomic E-state index is -3.34. The van der Waals surface area contributed by atoms with Crippen LogP contribution in [0.5, 0.6) is 0 Å². The molecule has 0 aromatic carbocycles. The topological polar surface area (TPSA) is 134 Å². The molecule has 0 aliphatic heterocycles. The SMILES string of the molecule is C.CS(=O)(=O)N[C@H]1CCCC[C@@H]1NC(=O)c1cc(-c2cnn3cc(-c4cn[nH]c4)cnc23)cs1. The van der Waals surface area contributed by atoms with Gasteiger partial charge in [-0.1, -0.05) is 20.3 Å². The van der Waals surface area contributed by atoms with Gasteiger partial charge in [-0.05, 0) is 29.9 Å². The van der Waals surface area contributed by atoms with Crippen molar-refractivity contribution < 1.29 is 13.2 Å². The molecule has 4 aromatic heterocycles. The van der Waals surface area contributed by atoms with Crippen molar-refractivity contribution in [3.8, 4) is 22.3 Å². The van der Waals surface area contributed by atoms with Gasteiger partial charge in [0.25, 0.3) is 5.91 Å². The third-order valence-electron chi connectivity index (χ3n) is 5.77. The summed E-state index contributed by atoms with van der Waals surface area (Å²) >= 11 is 1.34. The zero-order chi connectivity index (χ0) is 23.0. The first-order chi connectivity index (χ1) is 15.9. The van der Waals surface area contributed by atoms with E-state index in [1.807, 2.05) is 17.6 Å². The Morgan fingerprint density at radius 2 is 1.94 bits per heavy atom. The number of thiophene rings is 1. The highest BCUT2D eigenvalue weighted by Gasteiger charge is 2.29. The molecule has 34 heavy (non-hydrogen) atoms. The Morgan fingerprint density at radius 3 is 2.68 bits per heavy atom. The van der Waals surface area contributed by atoms with Gasteiger partial charge in [0.15, 0.2) is 5.65 Å². The van der Waals surface area contributed by atoms with E-state index in [0.717, 1.165) is 47.8 Å². The van der Waals surface area contributed by atoms with Crippen LogP contribution < -0.4 is 10.0 Å². The summed E-state index contributed by atoms with van der Waals surface area (Å²) < 4.78 is 27.8. The van der Waals surface area contributed by atoms with Crippen molar-refractivity contribution in [1.29, 1.82) is 0 Å². The number of fused-ring (bicyclic) bond motifs is 1. The molecule has 180 valence electrons. The quantitative estimate of drug-likeness (QED) is 0.372. The largest absolute Gasteiger partial charge is 0.347 e. The predicted octanol–water partition coefficient (Wildman–Crippen LogP) is 3.07. The fraction of sp³-hybridized carbons (Fsp3) is 0.364. The summed E-state index contributed by atoms with van der Waals surface area (Å²) in [5.74, 6) is -0.204. The zero-order valence-corrected chi connectivity index (χ0v) is 19.5. The van der Waals surface area contributed by atoms with E-state index < -0.39 is 10.0 Å². The average molecular weight is 502 g/mol. The van der Waals surface area contributed by atoms with Crippen LogP contribution in [-0.2, 0) is 10.0 Å². The number of hydrogen-bond acceptors (Lipinski definition) is 7. The summed E-state index contributed by atoms with van der Waals surface area (Å²) in [6.45, 7) is 0. The van der Waals surface area contributed by atoms with Crippen molar-refractivity contribution in [2.75, 3.05) is 6.26 Å². The summed E-state index contributed by atoms with van der Waals surface area (Å²) in [5, 5.41) is 16.1. The number of carbonyl (C=O) groups is 1. The number of nitrogens with one attached hydrogen (secondary N) is 3. The van der Waals surface area contributed by atoms with Crippen molar-refractivity contribution in [1.82, 2.24) is 34.8 Å². The number of amides is 1. The molecule has 1 saturated carbocycles. The number of H-pyrrole nitrogens is 1. The van der Waals surface area contributed by atoms with Crippen LogP contribution in [0.1, 0.15) is 42.8 Å². The molecule has 5 rings (SSSR count). The summed E-state index contributed by atoms with van der Waals surface area (Å²) in [7, 11) is -3.34. The number of sulfonamides is 1. The molecule has 0 spiro atoms. The molecule has 1 aliphatic rings. The number of aromatic amines is 1. The number of carbonyl (C=O) groups excluding carboxylic acids is 1. The minimum absolute atomic E-state index is 0. The Morgan fingerprint density at radius 1 is 1.15 bits per heavy atom. The third kappa shape index (κ3) is 5.03. The Kier molecular flexibility index (Phi) is 6.82. The molecule has 2 atom stereocenters. The lowest BCUT2D eigenvalue weighted by molar-refractivity contribution is 0.0923. The van der Waals surface area contributed by atoms with Gasteiger partial charge >= 0.3 is 0 Å². The first kappa shape index (κ1) is 24.0. The molecule has 1 aliphatic carbocycles. The van der Waals surface area contributed by atoms with Gasteiger partial charge in [-0.15, -0.1) is 11.3 Å². The second kappa shape index (κ2) is 9.65. The van der Waals surface area contributed by atoms with Crippen molar-refractivity contribution in [3.05, 3.63) is 47.3 Å². The van der Waals surface area contributed by atoms with E-state index in [0.29, 0.717) is 16.9 Å². The van der Waals surface area contributed by atoms with Crippen LogP contribution in [0.15, 0.2) is 42.4 Å². The number of rotatable bonds is 6. The average Bonchev–Trinajstić information content (AvgIpc) is 3.53. The Hall–Kier alpha value is -3.09. The van der Waals surface area contributed by atoms with Gasteiger partial charge in [-0.25, -0.2) is 22.6 Å². The summed E-state index contributed by atoms with van der Waals surface area (Å²) in [5.41, 5.74) is 4.19. The highest BCUT2D eigenvalue weighted by molar-refractivity contribution is 7.88. The molecule has 1 fully saturated rings. The van der Waals surface area contributed by atoms with Gasteiger partial charge in [-0.3, -0.25) is 9.89 Å². The molecule has 12 heteroatoms. The fourth-order valence-corrected chi connectivity index (χ4v) is 5.83. The first-order valence-corrected chi connectivity index (χ1v) is 13.3. The molecule has 0 radical (unpaired) electrons. The van der Waals surface area contributed by atoms with Gasteiger partial charge in [0.05, 0.1) is 23.5 Å². The Balaban J connectivity index is 0.00000274. The second-order valence-corrected chi connectivity index (χ2v) is 10.9. The highest BCUT2D eigenvalue weighted by atomic mass is 32.2. The minimum Gasteiger partial charge on any atom is -0.347 e. The van der Waals surface area contributed by atoms with E-state index in [9.17, 15) is 13.2 Å². The van der Waals surface area contributed by atoms with E-state index in [2.05, 4.69) is 30.3 Å². The molecule has 0 unspecified atom stereocenters. The maximum absolute atomic E-state index is 12.9. The first-order valence-electron chi connectivity index (χ1n) is 10.6. The van der Waals surface area contributed by atoms with E-state index in [1.165, 1.54) is 11.3 Å². The van der Waals surface area contributed by atoms with Crippen molar-refractivity contribution >= 4 is 32.9 Å². The fourth-order valence-electron chi connectivity index (χ4n) is 4.19. The molecule has 4 heterocycles. The van der Waals surface area contributed by atoms with Crippen LogP contribution in [0.3, 0.4) is 0 Å². The van der Waals surface area contributed by atoms with Gasteiger partial charge in [0.1, 0.15) is 0 Å². The molecule has 1 amide bonds. The number of aromatic nitrogens is 5. The molecular weight excluding hydrogens is 474 g/mol. The van der Waals surface area contributed by atoms with E-state index in [4.69, 9.17) is 0 Å². The second-order valence-electron chi connectivity index (χ2n) is 8.22. The number of nitrogens with zero attached hydrogens (tertiary/aromatic N) is 4. The highest BCUT2D eigenvalue weighted by Crippen LogP contribution is 2.30. The molecular formula is C22H27N7O3S2. The smallest absolute Gasteiger partial charge is 0.261 e. The summed E-state index contributed by atoms with van der Waals surface area (Å²) in [6.07, 6.45) is 13.4. The van der Waals surface area contributed by atoms with Crippen LogP contribution in [0.2, 0.25) is 0 Å². The van der Waals surface area contributed by atoms with Gasteiger partial charge in [0.2, 0.25) is 10.0 Å². The van der Waals surface area contributed by atoms with Crippen molar-refractivity contribution in [3.63, 3.8) is 0 Å². The molecule has 4 aromatic rings. The van der Waals surface area contributed by atoms with Crippen LogP contribution in [-0.4, -0.2) is 57.5 Å². The lowest BCUT2D eigenvalue weighted by Crippen LogP contribution is -2.52. The Bertz CT molecular complexity index is 1390. The van der Waals surface area contributed by atoms with Crippen molar-refractivity contribution in [2.24, 2.45) is 0 Å². The lowest BCUT2D eigenvalue weighted by Gasteiger charge is -2.32. The molecule has 0 saturated heterocycles. The van der Waals surface area contributed by atoms with Gasteiger partial charge < -0.3 is 5.32 Å². The monoisotopic (exact) mass is 501 g/mol. The zero-order valence-electron chi connectivity index (χ0n) is 17.9. The Labute approximate surface area is 201 Å². The third-order valence-corrected chi connectivity index (χ3v) is 7.43. The van der Waals surface area contributed by atoms with E-state index in [1.54, 1.807) is 29.3 Å². The summed E-state index contributed by atoms with van der Waals surface area (Å²) in [6, 6.07) is 1.31. The van der Waals surface area contributed by atoms with Gasteiger partial charge in [0, 0.05) is 47.4 Å². The van der Waals surface area contributed by atoms with Crippen molar-refractivity contribution in [2.45, 2.75) is 45.2 Å². The number of hydrogen-bond donors (Lipinski definition) is 3. The standard InChI is InChI=1S/C21H23N7O3S2.CH4/c1-33(30,31)27-18-5-3-2-4-17(18)26-21(29)19-6-13(12-32-19)16-10-25-28-11-15(7-22-20(16)28)14-8-23-24-9-14;/h6-12,17-18,27H,2-5H2,1H3,(H,23,24)(H,26,29);1H4/t17-,18-;/m0./s1. The van der Waals surface area contributed by atoms with Gasteiger partial charge in [-0.2, -0.15) is 10.2 Å². The van der Waals surface area contributed by atoms with Crippen LogP contribution in [0.4, 0.5) is 0 Å². The van der Waals surface area contributed by atoms with Crippen LogP contribution >= 0.6 is 11.3 Å². The van der Waals surface area contributed by atoms with E-state index >= 15 is 0 Å². The predicted molar refractivity (Wildman–Crippen MR) is 132 cm³/mol. The molecule has 3 N–H and O–H groups in total. The van der Waals surface area contributed by atoms with Crippen LogP contribution in [0, 0.1) is 0 Å².